The third-order valence-electron chi connectivity index (χ3n) is 3.18. The van der Waals surface area contributed by atoms with Gasteiger partial charge in [0.05, 0.1) is 10.6 Å². The van der Waals surface area contributed by atoms with E-state index in [2.05, 4.69) is 0 Å². The predicted molar refractivity (Wildman–Crippen MR) is 79.1 cm³/mol. The molecule has 0 saturated heterocycles. The zero-order valence-electron chi connectivity index (χ0n) is 11.6. The molecule has 3 rings (SSSR count). The Labute approximate surface area is 126 Å². The molecule has 0 aliphatic carbocycles. The second-order valence-corrected chi connectivity index (χ2v) is 5.17. The highest BCUT2D eigenvalue weighted by Gasteiger charge is 2.17. The molecule has 0 fully saturated rings. The lowest BCUT2D eigenvalue weighted by Gasteiger charge is -2.01. The number of hydrogen-bond donors (Lipinski definition) is 0. The van der Waals surface area contributed by atoms with Crippen LogP contribution in [0.2, 0.25) is 5.02 Å². The first-order valence-electron chi connectivity index (χ1n) is 6.43. The van der Waals surface area contributed by atoms with Crippen molar-refractivity contribution >= 4 is 23.5 Å². The van der Waals surface area contributed by atoms with Gasteiger partial charge < -0.3 is 13.9 Å². The Bertz CT molecular complexity index is 743. The highest BCUT2D eigenvalue weighted by Crippen LogP contribution is 2.40. The van der Waals surface area contributed by atoms with Crippen molar-refractivity contribution in [3.8, 4) is 11.5 Å². The van der Waals surface area contributed by atoms with Gasteiger partial charge in [0.2, 0.25) is 6.79 Å². The lowest BCUT2D eigenvalue weighted by atomic mass is 10.1. The summed E-state index contributed by atoms with van der Waals surface area (Å²) in [5.74, 6) is 2.35. The third-order valence-corrected chi connectivity index (χ3v) is 3.46. The highest BCUT2D eigenvalue weighted by molar-refractivity contribution is 6.32. The van der Waals surface area contributed by atoms with Gasteiger partial charge in [0, 0.05) is 0 Å². The highest BCUT2D eigenvalue weighted by atomic mass is 35.5. The third kappa shape index (κ3) is 2.67. The van der Waals surface area contributed by atoms with Crippen molar-refractivity contribution in [2.24, 2.45) is 0 Å². The number of furan rings is 1. The van der Waals surface area contributed by atoms with E-state index < -0.39 is 0 Å². The molecule has 0 unspecified atom stereocenters. The minimum absolute atomic E-state index is 0.113. The van der Waals surface area contributed by atoms with Crippen LogP contribution in [0, 0.1) is 13.8 Å². The van der Waals surface area contributed by atoms with E-state index in [-0.39, 0.29) is 12.6 Å². The van der Waals surface area contributed by atoms with Crippen molar-refractivity contribution in [3.05, 3.63) is 51.9 Å². The maximum atomic E-state index is 12.1. The van der Waals surface area contributed by atoms with Crippen LogP contribution < -0.4 is 9.47 Å². The standard InChI is InChI=1S/C16H13ClO4/c1-9-5-12(10(2)21-9)14(18)4-3-11-6-13(17)16-15(7-11)19-8-20-16/h3-7H,8H2,1-2H3/b4-3+. The van der Waals surface area contributed by atoms with E-state index >= 15 is 0 Å². The summed E-state index contributed by atoms with van der Waals surface area (Å²) in [5, 5.41) is 0.465. The van der Waals surface area contributed by atoms with E-state index in [0.717, 1.165) is 11.3 Å². The SMILES string of the molecule is Cc1cc(C(=O)/C=C/c2cc(Cl)c3c(c2)OCO3)c(C)o1. The minimum Gasteiger partial charge on any atom is -0.466 e. The van der Waals surface area contributed by atoms with Crippen molar-refractivity contribution < 1.29 is 18.7 Å². The molecule has 0 bridgehead atoms. The molecule has 0 saturated carbocycles. The average Bonchev–Trinajstić information content (AvgIpc) is 3.02. The monoisotopic (exact) mass is 304 g/mol. The Hall–Kier alpha value is -2.20. The topological polar surface area (TPSA) is 48.7 Å². The van der Waals surface area contributed by atoms with Crippen LogP contribution in [0.25, 0.3) is 6.08 Å². The molecule has 4 nitrogen and oxygen atoms in total. The molecule has 1 aliphatic heterocycles. The van der Waals surface area contributed by atoms with Gasteiger partial charge in [-0.3, -0.25) is 4.79 Å². The summed E-state index contributed by atoms with van der Waals surface area (Å²) in [6.45, 7) is 3.74. The fourth-order valence-electron chi connectivity index (χ4n) is 2.22. The van der Waals surface area contributed by atoms with E-state index in [4.69, 9.17) is 25.5 Å². The number of aryl methyl sites for hydroxylation is 2. The molecule has 108 valence electrons. The maximum absolute atomic E-state index is 12.1. The molecular formula is C16H13ClO4. The summed E-state index contributed by atoms with van der Waals surface area (Å²) in [6.07, 6.45) is 3.18. The molecular weight excluding hydrogens is 292 g/mol. The number of halogens is 1. The fourth-order valence-corrected chi connectivity index (χ4v) is 2.49. The average molecular weight is 305 g/mol. The van der Waals surface area contributed by atoms with E-state index in [1.165, 1.54) is 6.08 Å². The number of carbonyl (C=O) groups is 1. The number of ether oxygens (including phenoxy) is 2. The fraction of sp³-hybridized carbons (Fsp3) is 0.188. The van der Waals surface area contributed by atoms with E-state index in [1.807, 2.05) is 6.92 Å². The van der Waals surface area contributed by atoms with Crippen molar-refractivity contribution in [3.63, 3.8) is 0 Å². The van der Waals surface area contributed by atoms with Gasteiger partial charge in [-0.25, -0.2) is 0 Å². The van der Waals surface area contributed by atoms with Crippen LogP contribution in [0.15, 0.2) is 28.7 Å². The van der Waals surface area contributed by atoms with Gasteiger partial charge in [0.15, 0.2) is 17.3 Å². The molecule has 1 aliphatic rings. The summed E-state index contributed by atoms with van der Waals surface area (Å²) < 4.78 is 15.9. The second kappa shape index (κ2) is 5.30. The van der Waals surface area contributed by atoms with Gasteiger partial charge in [-0.2, -0.15) is 0 Å². The summed E-state index contributed by atoms with van der Waals surface area (Å²) >= 11 is 6.10. The number of allylic oxidation sites excluding steroid dienone is 1. The largest absolute Gasteiger partial charge is 0.466 e. The molecule has 5 heteroatoms. The zero-order valence-corrected chi connectivity index (χ0v) is 12.4. The van der Waals surface area contributed by atoms with Crippen molar-refractivity contribution in [1.82, 2.24) is 0 Å². The van der Waals surface area contributed by atoms with Gasteiger partial charge in [-0.05, 0) is 43.7 Å². The summed E-state index contributed by atoms with van der Waals surface area (Å²) in [4.78, 5) is 12.1. The molecule has 21 heavy (non-hydrogen) atoms. The number of hydrogen-bond acceptors (Lipinski definition) is 4. The second-order valence-electron chi connectivity index (χ2n) is 4.76. The Kier molecular flexibility index (Phi) is 3.47. The Morgan fingerprint density at radius 2 is 2.05 bits per heavy atom. The van der Waals surface area contributed by atoms with Crippen LogP contribution in [0.5, 0.6) is 11.5 Å². The first-order chi connectivity index (χ1) is 10.0. The Morgan fingerprint density at radius 3 is 2.76 bits per heavy atom. The van der Waals surface area contributed by atoms with Gasteiger partial charge in [-0.15, -0.1) is 0 Å². The van der Waals surface area contributed by atoms with E-state index in [1.54, 1.807) is 31.2 Å². The van der Waals surface area contributed by atoms with E-state index in [9.17, 15) is 4.79 Å². The number of benzene rings is 1. The molecule has 0 spiro atoms. The van der Waals surface area contributed by atoms with Crippen LogP contribution in [-0.4, -0.2) is 12.6 Å². The first-order valence-corrected chi connectivity index (χ1v) is 6.81. The molecule has 0 amide bonds. The van der Waals surface area contributed by atoms with Gasteiger partial charge in [-0.1, -0.05) is 17.7 Å². The molecule has 0 atom stereocenters. The molecule has 2 aromatic rings. The maximum Gasteiger partial charge on any atom is 0.231 e. The van der Waals surface area contributed by atoms with Crippen LogP contribution in [0.3, 0.4) is 0 Å². The van der Waals surface area contributed by atoms with Crippen LogP contribution in [0.1, 0.15) is 27.4 Å². The van der Waals surface area contributed by atoms with Crippen molar-refractivity contribution in [2.45, 2.75) is 13.8 Å². The summed E-state index contributed by atoms with van der Waals surface area (Å²) in [7, 11) is 0. The van der Waals surface area contributed by atoms with Crippen LogP contribution in [0.4, 0.5) is 0 Å². The van der Waals surface area contributed by atoms with Crippen molar-refractivity contribution in [2.75, 3.05) is 6.79 Å². The van der Waals surface area contributed by atoms with Crippen LogP contribution in [-0.2, 0) is 0 Å². The van der Waals surface area contributed by atoms with Crippen LogP contribution >= 0.6 is 11.6 Å². The lowest BCUT2D eigenvalue weighted by molar-refractivity contribution is 0.104. The molecule has 1 aromatic heterocycles. The summed E-state index contributed by atoms with van der Waals surface area (Å²) in [5.41, 5.74) is 1.34. The molecule has 0 N–H and O–H groups in total. The number of rotatable bonds is 3. The lowest BCUT2D eigenvalue weighted by Crippen LogP contribution is -1.93. The zero-order chi connectivity index (χ0) is 15.0. The Balaban J connectivity index is 1.85. The van der Waals surface area contributed by atoms with Crippen molar-refractivity contribution in [1.29, 1.82) is 0 Å². The smallest absolute Gasteiger partial charge is 0.231 e. The first kappa shape index (κ1) is 13.8. The molecule has 0 radical (unpaired) electrons. The van der Waals surface area contributed by atoms with Gasteiger partial charge >= 0.3 is 0 Å². The quantitative estimate of drug-likeness (QED) is 0.630. The Morgan fingerprint density at radius 1 is 1.24 bits per heavy atom. The summed E-state index contributed by atoms with van der Waals surface area (Å²) in [6, 6.07) is 5.24. The predicted octanol–water partition coefficient (Wildman–Crippen LogP) is 4.17. The number of ketones is 1. The van der Waals surface area contributed by atoms with Gasteiger partial charge in [0.25, 0.3) is 0 Å². The van der Waals surface area contributed by atoms with E-state index in [0.29, 0.717) is 27.8 Å². The molecule has 1 aromatic carbocycles. The molecule has 2 heterocycles. The van der Waals surface area contributed by atoms with Gasteiger partial charge in [0.1, 0.15) is 11.5 Å². The minimum atomic E-state index is -0.113. The number of carbonyl (C=O) groups excluding carboxylic acids is 1. The number of fused-ring (bicyclic) bond motifs is 1. The normalized spacial score (nSPS) is 13.1.